The van der Waals surface area contributed by atoms with Crippen LogP contribution in [0.15, 0.2) is 11.1 Å². The van der Waals surface area contributed by atoms with E-state index in [-0.39, 0.29) is 27.1 Å². The minimum absolute atomic E-state index is 0.0375. The molecule has 9 heteroatoms. The number of carbonyl (C=O) groups excluding carboxylic acids is 1. The molecule has 7 nitrogen and oxygen atoms in total. The Morgan fingerprint density at radius 1 is 1.53 bits per heavy atom. The molecule has 1 heterocycles. The van der Waals surface area contributed by atoms with Crippen molar-refractivity contribution in [2.45, 2.75) is 30.4 Å². The quantitative estimate of drug-likeness (QED) is 0.844. The first-order valence-corrected chi connectivity index (χ1v) is 8.02. The standard InChI is InChI=1S/C10H18N4O3S2/c1-10(2,3)18-6-8(15)12-9-7(19(11,16)17)5-14(4)13-9/h5H,6H2,1-4H3,(H2,11,16,17)(H,12,13,15). The Morgan fingerprint density at radius 2 is 2.11 bits per heavy atom. The van der Waals surface area contributed by atoms with E-state index >= 15 is 0 Å². The lowest BCUT2D eigenvalue weighted by atomic mass is 10.3. The van der Waals surface area contributed by atoms with Crippen LogP contribution in [0, 0.1) is 0 Å². The SMILES string of the molecule is Cn1cc(S(N)(=O)=O)c(NC(=O)CSC(C)(C)C)n1. The second-order valence-corrected chi connectivity index (χ2v) is 8.34. The smallest absolute Gasteiger partial charge is 0.243 e. The number of hydrogen-bond donors (Lipinski definition) is 2. The second-order valence-electron chi connectivity index (χ2n) is 5.01. The van der Waals surface area contributed by atoms with E-state index in [1.807, 2.05) is 20.8 Å². The fraction of sp³-hybridized carbons (Fsp3) is 0.600. The lowest BCUT2D eigenvalue weighted by Crippen LogP contribution is -2.21. The highest BCUT2D eigenvalue weighted by Gasteiger charge is 2.21. The number of nitrogens with zero attached hydrogens (tertiary/aromatic N) is 2. The Morgan fingerprint density at radius 3 is 2.58 bits per heavy atom. The molecule has 0 saturated heterocycles. The predicted molar refractivity (Wildman–Crippen MR) is 75.4 cm³/mol. The van der Waals surface area contributed by atoms with Gasteiger partial charge in [-0.15, -0.1) is 11.8 Å². The van der Waals surface area contributed by atoms with E-state index < -0.39 is 10.0 Å². The van der Waals surface area contributed by atoms with Crippen LogP contribution in [0.4, 0.5) is 5.82 Å². The van der Waals surface area contributed by atoms with Gasteiger partial charge in [-0.1, -0.05) is 20.8 Å². The fourth-order valence-corrected chi connectivity index (χ4v) is 2.51. The van der Waals surface area contributed by atoms with Gasteiger partial charge < -0.3 is 5.32 Å². The van der Waals surface area contributed by atoms with Gasteiger partial charge in [0.05, 0.1) is 5.75 Å². The van der Waals surface area contributed by atoms with Crippen LogP contribution in [0.3, 0.4) is 0 Å². The van der Waals surface area contributed by atoms with Crippen molar-refractivity contribution in [3.63, 3.8) is 0 Å². The van der Waals surface area contributed by atoms with E-state index in [1.165, 1.54) is 22.6 Å². The Balaban J connectivity index is 2.81. The predicted octanol–water partition coefficient (Wildman–Crippen LogP) is 0.538. The fourth-order valence-electron chi connectivity index (χ4n) is 1.21. The molecule has 0 atom stereocenters. The van der Waals surface area contributed by atoms with Gasteiger partial charge in [0.2, 0.25) is 15.9 Å². The highest BCUT2D eigenvalue weighted by molar-refractivity contribution is 8.01. The number of carbonyl (C=O) groups is 1. The van der Waals surface area contributed by atoms with Gasteiger partial charge in [-0.2, -0.15) is 5.10 Å². The molecule has 1 amide bonds. The third-order valence-corrected chi connectivity index (χ3v) is 4.18. The zero-order valence-corrected chi connectivity index (χ0v) is 12.9. The van der Waals surface area contributed by atoms with Crippen LogP contribution < -0.4 is 10.5 Å². The molecule has 1 rings (SSSR count). The first-order chi connectivity index (χ1) is 8.49. The number of thioether (sulfide) groups is 1. The van der Waals surface area contributed by atoms with Gasteiger partial charge in [-0.25, -0.2) is 13.6 Å². The third kappa shape index (κ3) is 5.21. The maximum absolute atomic E-state index is 11.7. The maximum atomic E-state index is 11.7. The van der Waals surface area contributed by atoms with Gasteiger partial charge in [-0.3, -0.25) is 9.48 Å². The third-order valence-electron chi connectivity index (χ3n) is 2.00. The van der Waals surface area contributed by atoms with Gasteiger partial charge in [0.25, 0.3) is 0 Å². The summed E-state index contributed by atoms with van der Waals surface area (Å²) < 4.78 is 23.9. The van der Waals surface area contributed by atoms with Crippen molar-refractivity contribution in [2.75, 3.05) is 11.1 Å². The Labute approximate surface area is 117 Å². The molecule has 1 aromatic rings. The van der Waals surface area contributed by atoms with Crippen LogP contribution in [-0.4, -0.2) is 34.6 Å². The molecule has 0 aromatic carbocycles. The summed E-state index contributed by atoms with van der Waals surface area (Å²) in [6, 6.07) is 0. The molecule has 1 aromatic heterocycles. The molecule has 0 aliphatic rings. The lowest BCUT2D eigenvalue weighted by Gasteiger charge is -2.16. The molecule has 0 spiro atoms. The molecule has 0 bridgehead atoms. The number of nitrogens with two attached hydrogens (primary N) is 1. The van der Waals surface area contributed by atoms with Crippen LogP contribution in [0.5, 0.6) is 0 Å². The van der Waals surface area contributed by atoms with Crippen molar-refractivity contribution < 1.29 is 13.2 Å². The highest BCUT2D eigenvalue weighted by atomic mass is 32.2. The number of aromatic nitrogens is 2. The minimum atomic E-state index is -3.91. The molecule has 0 fully saturated rings. The van der Waals surface area contributed by atoms with Gasteiger partial charge >= 0.3 is 0 Å². The molecule has 0 saturated carbocycles. The van der Waals surface area contributed by atoms with Crippen molar-refractivity contribution in [3.8, 4) is 0 Å². The van der Waals surface area contributed by atoms with Gasteiger partial charge in [-0.05, 0) is 0 Å². The van der Waals surface area contributed by atoms with E-state index in [0.717, 1.165) is 0 Å². The maximum Gasteiger partial charge on any atom is 0.243 e. The van der Waals surface area contributed by atoms with Crippen molar-refractivity contribution >= 4 is 33.5 Å². The van der Waals surface area contributed by atoms with Crippen LogP contribution in [-0.2, 0) is 21.9 Å². The van der Waals surface area contributed by atoms with Crippen molar-refractivity contribution in [3.05, 3.63) is 6.20 Å². The summed E-state index contributed by atoms with van der Waals surface area (Å²) in [7, 11) is -2.36. The molecule has 3 N–H and O–H groups in total. The van der Waals surface area contributed by atoms with Gasteiger partial charge in [0.1, 0.15) is 4.90 Å². The second kappa shape index (κ2) is 5.51. The topological polar surface area (TPSA) is 107 Å². The first kappa shape index (κ1) is 16.0. The molecule has 19 heavy (non-hydrogen) atoms. The Bertz CT molecular complexity index is 572. The summed E-state index contributed by atoms with van der Waals surface area (Å²) in [6.45, 7) is 5.96. The van der Waals surface area contributed by atoms with Gasteiger partial charge in [0.15, 0.2) is 5.82 Å². The summed E-state index contributed by atoms with van der Waals surface area (Å²) >= 11 is 1.45. The zero-order chi connectivity index (χ0) is 14.8. The number of rotatable bonds is 4. The average molecular weight is 306 g/mol. The van der Waals surface area contributed by atoms with Crippen LogP contribution >= 0.6 is 11.8 Å². The monoisotopic (exact) mass is 306 g/mol. The van der Waals surface area contributed by atoms with Crippen LogP contribution in [0.1, 0.15) is 20.8 Å². The summed E-state index contributed by atoms with van der Waals surface area (Å²) in [5.41, 5.74) is 0. The van der Waals surface area contributed by atoms with E-state index in [9.17, 15) is 13.2 Å². The lowest BCUT2D eigenvalue weighted by molar-refractivity contribution is -0.113. The number of primary sulfonamides is 1. The summed E-state index contributed by atoms with van der Waals surface area (Å²) in [5, 5.41) is 11.4. The summed E-state index contributed by atoms with van der Waals surface area (Å²) in [6.07, 6.45) is 1.25. The molecule has 0 aliphatic heterocycles. The molecule has 0 unspecified atom stereocenters. The van der Waals surface area contributed by atoms with Crippen molar-refractivity contribution in [1.82, 2.24) is 9.78 Å². The normalized spacial score (nSPS) is 12.5. The van der Waals surface area contributed by atoms with Crippen LogP contribution in [0.25, 0.3) is 0 Å². The average Bonchev–Trinajstić information content (AvgIpc) is 2.55. The Kier molecular flexibility index (Phi) is 4.64. The number of anilines is 1. The molecule has 0 radical (unpaired) electrons. The highest BCUT2D eigenvalue weighted by Crippen LogP contribution is 2.23. The summed E-state index contributed by atoms with van der Waals surface area (Å²) in [4.78, 5) is 11.5. The molecular weight excluding hydrogens is 288 g/mol. The van der Waals surface area contributed by atoms with Crippen molar-refractivity contribution in [2.24, 2.45) is 12.2 Å². The van der Waals surface area contributed by atoms with E-state index in [1.54, 1.807) is 7.05 Å². The Hall–Kier alpha value is -1.06. The number of nitrogens with one attached hydrogen (secondary N) is 1. The van der Waals surface area contributed by atoms with E-state index in [0.29, 0.717) is 0 Å². The first-order valence-electron chi connectivity index (χ1n) is 5.49. The zero-order valence-electron chi connectivity index (χ0n) is 11.3. The number of hydrogen-bond acceptors (Lipinski definition) is 5. The molecular formula is C10H18N4O3S2. The minimum Gasteiger partial charge on any atom is -0.307 e. The molecule has 108 valence electrons. The van der Waals surface area contributed by atoms with Crippen molar-refractivity contribution in [1.29, 1.82) is 0 Å². The number of amides is 1. The number of aryl methyl sites for hydroxylation is 1. The van der Waals surface area contributed by atoms with Gasteiger partial charge in [0, 0.05) is 18.0 Å². The number of sulfonamides is 1. The van der Waals surface area contributed by atoms with E-state index in [4.69, 9.17) is 5.14 Å². The molecule has 0 aliphatic carbocycles. The largest absolute Gasteiger partial charge is 0.307 e. The van der Waals surface area contributed by atoms with Crippen LogP contribution in [0.2, 0.25) is 0 Å². The summed E-state index contributed by atoms with van der Waals surface area (Å²) in [5.74, 6) is -0.141. The van der Waals surface area contributed by atoms with E-state index in [2.05, 4.69) is 10.4 Å².